The number of nitrogens with zero attached hydrogens (tertiary/aromatic N) is 4. The second-order valence-corrected chi connectivity index (χ2v) is 18.3. The normalized spacial score (nSPS) is 16.6. The Morgan fingerprint density at radius 1 is 0.590 bits per heavy atom. The fourth-order valence-electron chi connectivity index (χ4n) is 6.18. The smallest absolute Gasteiger partial charge is 0.549 e. The van der Waals surface area contributed by atoms with E-state index in [2.05, 4.69) is 26.6 Å². The Morgan fingerprint density at radius 2 is 0.967 bits per heavy atom. The molecular weight excluding hydrogens is 984 g/mol. The average molecular weight is 1050 g/mol. The minimum atomic E-state index is -1.31. The number of aliphatic hydroxyl groups is 1. The summed E-state index contributed by atoms with van der Waals surface area (Å²) in [6.45, 7) is 9.26. The number of carboxylic acids is 3. The number of hydrogen-bond donors (Lipinski definition) is 6. The van der Waals surface area contributed by atoms with Crippen LogP contribution in [0.4, 0.5) is 0 Å². The maximum atomic E-state index is 12.9. The third-order valence-electron chi connectivity index (χ3n) is 9.64. The van der Waals surface area contributed by atoms with Crippen molar-refractivity contribution in [2.24, 2.45) is 10.8 Å². The maximum Gasteiger partial charge on any atom is 3.00 e. The van der Waals surface area contributed by atoms with Crippen LogP contribution < -0.4 is 41.9 Å². The van der Waals surface area contributed by atoms with Crippen molar-refractivity contribution in [2.45, 2.75) is 53.6 Å². The number of amides is 5. The van der Waals surface area contributed by atoms with Crippen LogP contribution >= 0.6 is 21.6 Å². The van der Waals surface area contributed by atoms with Gasteiger partial charge in [0.05, 0.1) is 43.6 Å². The van der Waals surface area contributed by atoms with Crippen molar-refractivity contribution in [3.8, 4) is 0 Å². The average Bonchev–Trinajstić information content (AvgIpc) is 3.16. The van der Waals surface area contributed by atoms with Crippen LogP contribution in [0.1, 0.15) is 47.5 Å². The molecule has 1 rings (SSSR count). The van der Waals surface area contributed by atoms with E-state index in [-0.39, 0.29) is 150 Å². The van der Waals surface area contributed by atoms with Crippen LogP contribution in [0.2, 0.25) is 0 Å². The summed E-state index contributed by atoms with van der Waals surface area (Å²) < 4.78 is 0. The summed E-state index contributed by atoms with van der Waals surface area (Å²) in [4.78, 5) is 104. The minimum absolute atomic E-state index is 0. The van der Waals surface area contributed by atoms with Crippen LogP contribution in [0.25, 0.3) is 0 Å². The molecule has 5 amide bonds. The van der Waals surface area contributed by atoms with Crippen molar-refractivity contribution in [2.75, 3.05) is 123 Å². The molecular formula is C37H64GdN9O12S2. The van der Waals surface area contributed by atoms with Gasteiger partial charge in [0, 0.05) is 114 Å². The van der Waals surface area contributed by atoms with Crippen LogP contribution in [0, 0.1) is 50.8 Å². The monoisotopic (exact) mass is 1050 g/mol. The number of nitrogens with one attached hydrogen (secondary N) is 5. The molecule has 1 saturated heterocycles. The van der Waals surface area contributed by atoms with Crippen LogP contribution in [-0.4, -0.2) is 201 Å². The van der Waals surface area contributed by atoms with Crippen LogP contribution in [0.5, 0.6) is 0 Å². The molecule has 21 nitrogen and oxygen atoms in total. The summed E-state index contributed by atoms with van der Waals surface area (Å²) in [5.41, 5.74) is -1.87. The molecule has 1 aliphatic heterocycles. The Bertz CT molecular complexity index is 1400. The molecule has 1 heterocycles. The Kier molecular flexibility index (Phi) is 30.2. The molecule has 0 saturated carbocycles. The molecule has 61 heavy (non-hydrogen) atoms. The quantitative estimate of drug-likeness (QED) is 0.0347. The van der Waals surface area contributed by atoms with Gasteiger partial charge >= 0.3 is 39.9 Å². The molecule has 0 spiro atoms. The van der Waals surface area contributed by atoms with E-state index in [0.29, 0.717) is 31.0 Å². The number of carbonyl (C=O) groups excluding carboxylic acids is 8. The number of aliphatic hydroxyl groups excluding tert-OH is 1. The van der Waals surface area contributed by atoms with E-state index in [1.165, 1.54) is 21.6 Å². The minimum Gasteiger partial charge on any atom is -0.549 e. The number of hydrogen-bond acceptors (Lipinski definition) is 18. The SMILES string of the molecule is CCC(C)(CC(C)(C)C(=O)NCC(=O)NCC(=O)NCCSSCCNC(=O)CN1CCN(CC(=O)[O-])CCN(CC(=O)[O-])CCN(CC(=O)[O-])CC1)C(=O)NCC(C)O.[Gd+3]. The van der Waals surface area contributed by atoms with Gasteiger partial charge in [0.15, 0.2) is 0 Å². The Morgan fingerprint density at radius 3 is 1.36 bits per heavy atom. The van der Waals surface area contributed by atoms with Crippen molar-refractivity contribution < 1.29 is 98.7 Å². The van der Waals surface area contributed by atoms with Gasteiger partial charge in [-0.05, 0) is 19.8 Å². The molecule has 24 heteroatoms. The zero-order valence-electron chi connectivity index (χ0n) is 35.8. The molecule has 1 aliphatic rings. The molecule has 2 atom stereocenters. The fourth-order valence-corrected chi connectivity index (χ4v) is 7.99. The van der Waals surface area contributed by atoms with Gasteiger partial charge in [-0.2, -0.15) is 0 Å². The zero-order valence-corrected chi connectivity index (χ0v) is 39.7. The summed E-state index contributed by atoms with van der Waals surface area (Å²) in [6.07, 6.45) is -0.0492. The first-order valence-corrected chi connectivity index (χ1v) is 22.4. The Hall–Kier alpha value is -2.42. The van der Waals surface area contributed by atoms with Crippen molar-refractivity contribution in [1.82, 2.24) is 46.2 Å². The number of carbonyl (C=O) groups is 8. The summed E-state index contributed by atoms with van der Waals surface area (Å²) in [5, 5.41) is 56.7. The first-order valence-electron chi connectivity index (χ1n) is 19.9. The molecule has 2 unspecified atom stereocenters. The van der Waals surface area contributed by atoms with Gasteiger partial charge in [0.2, 0.25) is 29.5 Å². The summed E-state index contributed by atoms with van der Waals surface area (Å²) in [6, 6.07) is 0. The van der Waals surface area contributed by atoms with E-state index in [9.17, 15) is 58.8 Å². The predicted octanol–water partition coefficient (Wildman–Crippen LogP) is -6.37. The largest absolute Gasteiger partial charge is 3.00 e. The Balaban J connectivity index is 0.0000360. The van der Waals surface area contributed by atoms with E-state index >= 15 is 0 Å². The molecule has 1 fully saturated rings. The zero-order chi connectivity index (χ0) is 45.3. The number of aliphatic carboxylic acids is 3. The summed E-state index contributed by atoms with van der Waals surface area (Å²) in [7, 11) is 2.95. The van der Waals surface area contributed by atoms with E-state index in [1.807, 2.05) is 6.92 Å². The maximum absolute atomic E-state index is 12.9. The molecule has 0 aromatic heterocycles. The fraction of sp³-hybridized carbons (Fsp3) is 0.784. The van der Waals surface area contributed by atoms with Gasteiger partial charge < -0.3 is 61.4 Å². The molecule has 0 aromatic rings. The number of carboxylic acid groups (broad SMARTS) is 3. The molecule has 1 radical (unpaired) electrons. The van der Waals surface area contributed by atoms with Gasteiger partial charge in [-0.15, -0.1) is 0 Å². The van der Waals surface area contributed by atoms with Crippen molar-refractivity contribution in [3.05, 3.63) is 0 Å². The molecule has 0 bridgehead atoms. The molecule has 0 aliphatic carbocycles. The van der Waals surface area contributed by atoms with E-state index in [1.54, 1.807) is 47.3 Å². The van der Waals surface area contributed by atoms with Gasteiger partial charge in [0.1, 0.15) is 0 Å². The molecule has 6 N–H and O–H groups in total. The van der Waals surface area contributed by atoms with Crippen molar-refractivity contribution in [3.63, 3.8) is 0 Å². The third-order valence-corrected chi connectivity index (χ3v) is 12.1. The van der Waals surface area contributed by atoms with Gasteiger partial charge in [-0.25, -0.2) is 0 Å². The second-order valence-electron chi connectivity index (χ2n) is 15.6. The van der Waals surface area contributed by atoms with Crippen LogP contribution in [-0.2, 0) is 38.4 Å². The molecule has 0 aromatic carbocycles. The van der Waals surface area contributed by atoms with Gasteiger partial charge in [0.25, 0.3) is 0 Å². The van der Waals surface area contributed by atoms with Crippen LogP contribution in [0.3, 0.4) is 0 Å². The summed E-state index contributed by atoms with van der Waals surface area (Å²) >= 11 is 0. The third kappa shape index (κ3) is 27.4. The van der Waals surface area contributed by atoms with Crippen molar-refractivity contribution >= 4 is 69.0 Å². The van der Waals surface area contributed by atoms with Gasteiger partial charge in [-0.1, -0.05) is 49.3 Å². The standard InChI is InChI=1S/C37H67N9O12S2.Gd/c1-6-37(5,35(58)41-19-27(2)47)26-36(3,4)34(57)42-21-29(49)40-20-28(48)38-7-17-59-60-18-8-39-30(50)22-43-9-11-44(23-31(51)52)13-15-46(25-33(55)56)16-14-45(12-10-43)24-32(53)54;/h27,47H,6-26H2,1-5H3,(H,38,48)(H,39,50)(H,40,49)(H,41,58)(H,42,57)(H,51,52)(H,53,54)(H,55,56);/q;+3/p-3. The van der Waals surface area contributed by atoms with Crippen LogP contribution in [0.15, 0.2) is 0 Å². The first kappa shape index (κ1) is 58.6. The summed E-state index contributed by atoms with van der Waals surface area (Å²) in [5.74, 6) is -4.77. The predicted molar refractivity (Wildman–Crippen MR) is 219 cm³/mol. The van der Waals surface area contributed by atoms with Crippen molar-refractivity contribution in [1.29, 1.82) is 0 Å². The number of rotatable bonds is 26. The first-order chi connectivity index (χ1) is 28.1. The van der Waals surface area contributed by atoms with Gasteiger partial charge in [-0.3, -0.25) is 43.6 Å². The van der Waals surface area contributed by atoms with E-state index < -0.39 is 59.1 Å². The van der Waals surface area contributed by atoms with E-state index in [4.69, 9.17) is 0 Å². The molecule has 349 valence electrons. The Labute approximate surface area is 398 Å². The topological polar surface area (TPSA) is 299 Å². The van der Waals surface area contributed by atoms with E-state index in [0.717, 1.165) is 0 Å². The second kappa shape index (κ2) is 31.4.